The molecule has 2 rings (SSSR count). The van der Waals surface area contributed by atoms with Crippen molar-refractivity contribution in [3.8, 4) is 0 Å². The van der Waals surface area contributed by atoms with Crippen LogP contribution < -0.4 is 0 Å². The third-order valence-electron chi connectivity index (χ3n) is 3.28. The standard InChI is InChI=1S/C14H21NO/c1-3-12(2)15(10-14-11-16-14)9-13-7-5-4-6-8-13/h4-8,12,14H,3,9-11H2,1-2H3/t12?,14-/m0/s1. The van der Waals surface area contributed by atoms with Gasteiger partial charge < -0.3 is 4.74 Å². The highest BCUT2D eigenvalue weighted by atomic mass is 16.6. The summed E-state index contributed by atoms with van der Waals surface area (Å²) in [5.41, 5.74) is 1.39. The molecule has 1 heterocycles. The second-order valence-electron chi connectivity index (χ2n) is 4.63. The summed E-state index contributed by atoms with van der Waals surface area (Å²) in [5.74, 6) is 0. The molecule has 1 saturated heterocycles. The van der Waals surface area contributed by atoms with Gasteiger partial charge in [0.1, 0.15) is 0 Å². The van der Waals surface area contributed by atoms with Crippen LogP contribution in [-0.4, -0.2) is 30.2 Å². The van der Waals surface area contributed by atoms with Gasteiger partial charge in [0.15, 0.2) is 0 Å². The van der Waals surface area contributed by atoms with E-state index in [1.54, 1.807) is 0 Å². The molecule has 2 atom stereocenters. The van der Waals surface area contributed by atoms with Crippen molar-refractivity contribution >= 4 is 0 Å². The molecule has 1 fully saturated rings. The van der Waals surface area contributed by atoms with Crippen molar-refractivity contribution in [1.29, 1.82) is 0 Å². The highest BCUT2D eigenvalue weighted by molar-refractivity contribution is 5.14. The average molecular weight is 219 g/mol. The van der Waals surface area contributed by atoms with Gasteiger partial charge in [-0.3, -0.25) is 4.90 Å². The van der Waals surface area contributed by atoms with Gasteiger partial charge in [0, 0.05) is 19.1 Å². The summed E-state index contributed by atoms with van der Waals surface area (Å²) in [7, 11) is 0. The molecular weight excluding hydrogens is 198 g/mol. The maximum Gasteiger partial charge on any atom is 0.0936 e. The van der Waals surface area contributed by atoms with Crippen molar-refractivity contribution in [2.24, 2.45) is 0 Å². The number of nitrogens with zero attached hydrogens (tertiary/aromatic N) is 1. The Labute approximate surface area is 98.2 Å². The second-order valence-corrected chi connectivity index (χ2v) is 4.63. The lowest BCUT2D eigenvalue weighted by Crippen LogP contribution is -2.35. The fourth-order valence-electron chi connectivity index (χ4n) is 1.91. The number of hydrogen-bond acceptors (Lipinski definition) is 2. The Morgan fingerprint density at radius 3 is 2.62 bits per heavy atom. The van der Waals surface area contributed by atoms with Gasteiger partial charge in [-0.1, -0.05) is 37.3 Å². The summed E-state index contributed by atoms with van der Waals surface area (Å²) >= 11 is 0. The first-order valence-electron chi connectivity index (χ1n) is 6.19. The molecular formula is C14H21NO. The smallest absolute Gasteiger partial charge is 0.0936 e. The second kappa shape index (κ2) is 5.46. The molecule has 1 aromatic rings. The predicted molar refractivity (Wildman–Crippen MR) is 66.3 cm³/mol. The van der Waals surface area contributed by atoms with E-state index < -0.39 is 0 Å². The molecule has 0 amide bonds. The minimum absolute atomic E-state index is 0.484. The fourth-order valence-corrected chi connectivity index (χ4v) is 1.91. The minimum atomic E-state index is 0.484. The molecule has 16 heavy (non-hydrogen) atoms. The number of ether oxygens (including phenoxy) is 1. The van der Waals surface area contributed by atoms with Gasteiger partial charge in [-0.25, -0.2) is 0 Å². The monoisotopic (exact) mass is 219 g/mol. The van der Waals surface area contributed by atoms with Crippen molar-refractivity contribution in [2.45, 2.75) is 39.0 Å². The van der Waals surface area contributed by atoms with Crippen molar-refractivity contribution in [1.82, 2.24) is 4.90 Å². The first kappa shape index (κ1) is 11.6. The third kappa shape index (κ3) is 3.32. The van der Waals surface area contributed by atoms with Gasteiger partial charge in [-0.15, -0.1) is 0 Å². The Bertz CT molecular complexity index is 308. The highest BCUT2D eigenvalue weighted by Crippen LogP contribution is 2.17. The minimum Gasteiger partial charge on any atom is -0.372 e. The zero-order chi connectivity index (χ0) is 11.4. The largest absolute Gasteiger partial charge is 0.372 e. The molecule has 0 radical (unpaired) electrons. The van der Waals surface area contributed by atoms with E-state index in [-0.39, 0.29) is 0 Å². The Morgan fingerprint density at radius 2 is 2.06 bits per heavy atom. The van der Waals surface area contributed by atoms with Crippen LogP contribution in [0.15, 0.2) is 30.3 Å². The van der Waals surface area contributed by atoms with E-state index in [1.165, 1.54) is 12.0 Å². The van der Waals surface area contributed by atoms with E-state index in [2.05, 4.69) is 49.1 Å². The summed E-state index contributed by atoms with van der Waals surface area (Å²) in [4.78, 5) is 2.52. The lowest BCUT2D eigenvalue weighted by Gasteiger charge is -2.27. The number of hydrogen-bond donors (Lipinski definition) is 0. The van der Waals surface area contributed by atoms with Crippen LogP contribution in [0.25, 0.3) is 0 Å². The molecule has 0 spiro atoms. The van der Waals surface area contributed by atoms with Crippen molar-refractivity contribution in [3.05, 3.63) is 35.9 Å². The lowest BCUT2D eigenvalue weighted by atomic mass is 10.1. The first-order valence-corrected chi connectivity index (χ1v) is 6.19. The Morgan fingerprint density at radius 1 is 1.38 bits per heavy atom. The third-order valence-corrected chi connectivity index (χ3v) is 3.28. The van der Waals surface area contributed by atoms with Gasteiger partial charge in [0.2, 0.25) is 0 Å². The van der Waals surface area contributed by atoms with Crippen molar-refractivity contribution < 1.29 is 4.74 Å². The van der Waals surface area contributed by atoms with E-state index in [0.717, 1.165) is 19.7 Å². The van der Waals surface area contributed by atoms with Gasteiger partial charge in [-0.2, -0.15) is 0 Å². The van der Waals surface area contributed by atoms with E-state index in [0.29, 0.717) is 12.1 Å². The molecule has 0 aromatic heterocycles. The summed E-state index contributed by atoms with van der Waals surface area (Å²) in [6, 6.07) is 11.3. The molecule has 1 unspecified atom stereocenters. The molecule has 0 N–H and O–H groups in total. The van der Waals surface area contributed by atoms with Gasteiger partial charge in [-0.05, 0) is 18.9 Å². The molecule has 0 saturated carbocycles. The zero-order valence-electron chi connectivity index (χ0n) is 10.2. The summed E-state index contributed by atoms with van der Waals surface area (Å²) < 4.78 is 5.33. The molecule has 2 nitrogen and oxygen atoms in total. The van der Waals surface area contributed by atoms with Gasteiger partial charge >= 0.3 is 0 Å². The van der Waals surface area contributed by atoms with Crippen LogP contribution >= 0.6 is 0 Å². The van der Waals surface area contributed by atoms with Crippen LogP contribution in [0.1, 0.15) is 25.8 Å². The molecule has 2 heteroatoms. The Kier molecular flexibility index (Phi) is 3.97. The maximum atomic E-state index is 5.33. The van der Waals surface area contributed by atoms with E-state index in [1.807, 2.05) is 0 Å². The van der Waals surface area contributed by atoms with E-state index in [4.69, 9.17) is 4.74 Å². The molecule has 1 aliphatic rings. The highest BCUT2D eigenvalue weighted by Gasteiger charge is 2.27. The van der Waals surface area contributed by atoms with Crippen molar-refractivity contribution in [3.63, 3.8) is 0 Å². The SMILES string of the molecule is CCC(C)N(Cc1ccccc1)C[C@H]1CO1. The lowest BCUT2D eigenvalue weighted by molar-refractivity contribution is 0.176. The first-order chi connectivity index (χ1) is 7.79. The fraction of sp³-hybridized carbons (Fsp3) is 0.571. The quantitative estimate of drug-likeness (QED) is 0.684. The van der Waals surface area contributed by atoms with Crippen LogP contribution in [0, 0.1) is 0 Å². The number of epoxide rings is 1. The normalized spacial score (nSPS) is 21.1. The zero-order valence-corrected chi connectivity index (χ0v) is 10.2. The van der Waals surface area contributed by atoms with Crippen LogP contribution in [-0.2, 0) is 11.3 Å². The molecule has 88 valence electrons. The molecule has 0 aliphatic carbocycles. The van der Waals surface area contributed by atoms with Crippen LogP contribution in [0.4, 0.5) is 0 Å². The van der Waals surface area contributed by atoms with E-state index >= 15 is 0 Å². The van der Waals surface area contributed by atoms with Crippen molar-refractivity contribution in [2.75, 3.05) is 13.2 Å². The number of rotatable bonds is 6. The molecule has 1 aliphatic heterocycles. The summed E-state index contributed by atoms with van der Waals surface area (Å²) in [6.07, 6.45) is 1.68. The summed E-state index contributed by atoms with van der Waals surface area (Å²) in [6.45, 7) is 7.60. The predicted octanol–water partition coefficient (Wildman–Crippen LogP) is 2.69. The Balaban J connectivity index is 1.95. The molecule has 1 aromatic carbocycles. The maximum absolute atomic E-state index is 5.33. The van der Waals surface area contributed by atoms with Gasteiger partial charge in [0.05, 0.1) is 12.7 Å². The average Bonchev–Trinajstić information content (AvgIpc) is 3.12. The van der Waals surface area contributed by atoms with Gasteiger partial charge in [0.25, 0.3) is 0 Å². The number of benzene rings is 1. The Hall–Kier alpha value is -0.860. The summed E-state index contributed by atoms with van der Waals surface area (Å²) in [5, 5.41) is 0. The van der Waals surface area contributed by atoms with Crippen LogP contribution in [0.5, 0.6) is 0 Å². The molecule has 0 bridgehead atoms. The topological polar surface area (TPSA) is 15.8 Å². The van der Waals surface area contributed by atoms with E-state index in [9.17, 15) is 0 Å². The van der Waals surface area contributed by atoms with Crippen LogP contribution in [0.3, 0.4) is 0 Å². The van der Waals surface area contributed by atoms with Crippen LogP contribution in [0.2, 0.25) is 0 Å².